The van der Waals surface area contributed by atoms with Crippen LogP contribution in [0.4, 0.5) is 0 Å². The molecule has 0 saturated carbocycles. The number of fused-ring (bicyclic) bond motifs is 9. The highest BCUT2D eigenvalue weighted by molar-refractivity contribution is 6.17. The quantitative estimate of drug-likeness (QED) is 0.191. The number of para-hydroxylation sites is 4. The third-order valence-electron chi connectivity index (χ3n) is 11.6. The maximum absolute atomic E-state index is 6.84. The van der Waals surface area contributed by atoms with Gasteiger partial charge in [-0.15, -0.1) is 0 Å². The maximum atomic E-state index is 6.84. The summed E-state index contributed by atoms with van der Waals surface area (Å²) in [4.78, 5) is 10.2. The number of benzene rings is 7. The summed E-state index contributed by atoms with van der Waals surface area (Å²) in [6.07, 6.45) is 5.12. The Morgan fingerprint density at radius 3 is 1.91 bits per heavy atom. The van der Waals surface area contributed by atoms with E-state index in [0.29, 0.717) is 0 Å². The molecule has 0 bridgehead atoms. The maximum Gasteiger partial charge on any atom is 0.159 e. The Morgan fingerprint density at radius 2 is 1.18 bits per heavy atom. The van der Waals surface area contributed by atoms with Crippen molar-refractivity contribution in [1.29, 1.82) is 0 Å². The highest BCUT2D eigenvalue weighted by atomic mass is 16.3. The first kappa shape index (κ1) is 31.9. The van der Waals surface area contributed by atoms with Gasteiger partial charge in [0.1, 0.15) is 34.2 Å². The van der Waals surface area contributed by atoms with E-state index in [9.17, 15) is 0 Å². The van der Waals surface area contributed by atoms with Gasteiger partial charge in [-0.2, -0.15) is 0 Å². The van der Waals surface area contributed by atoms with Crippen LogP contribution >= 0.6 is 0 Å². The Morgan fingerprint density at radius 1 is 0.561 bits per heavy atom. The predicted octanol–water partition coefficient (Wildman–Crippen LogP) is 10.5. The number of aromatic nitrogens is 1. The van der Waals surface area contributed by atoms with E-state index in [2.05, 4.69) is 149 Å². The number of nitrogens with zero attached hydrogens (tertiary/aromatic N) is 3. The molecule has 1 aliphatic carbocycles. The summed E-state index contributed by atoms with van der Waals surface area (Å²) < 4.78 is 16.0. The molecule has 4 heterocycles. The van der Waals surface area contributed by atoms with Crippen LogP contribution in [0, 0.1) is 5.92 Å². The van der Waals surface area contributed by atoms with Crippen molar-refractivity contribution < 1.29 is 8.83 Å². The van der Waals surface area contributed by atoms with Crippen LogP contribution in [0.5, 0.6) is 0 Å². The van der Waals surface area contributed by atoms with E-state index in [1.807, 2.05) is 36.4 Å². The van der Waals surface area contributed by atoms with Gasteiger partial charge in [-0.1, -0.05) is 146 Å². The molecule has 6 nitrogen and oxygen atoms in total. The van der Waals surface area contributed by atoms with Crippen LogP contribution in [0.15, 0.2) is 183 Å². The smallest absolute Gasteiger partial charge is 0.159 e. The molecule has 1 aliphatic heterocycles. The predicted molar refractivity (Wildman–Crippen MR) is 232 cm³/mol. The van der Waals surface area contributed by atoms with Crippen LogP contribution in [-0.2, 0) is 0 Å². The van der Waals surface area contributed by atoms with E-state index in [4.69, 9.17) is 18.8 Å². The first-order valence-corrected chi connectivity index (χ1v) is 19.5. The molecule has 2 aliphatic rings. The molecule has 1 N–H and O–H groups in total. The molecule has 12 rings (SSSR count). The van der Waals surface area contributed by atoms with Crippen LogP contribution < -0.4 is 16.0 Å². The van der Waals surface area contributed by atoms with Gasteiger partial charge in [0.25, 0.3) is 0 Å². The van der Waals surface area contributed by atoms with E-state index in [-0.39, 0.29) is 12.1 Å². The van der Waals surface area contributed by atoms with Gasteiger partial charge >= 0.3 is 0 Å². The zero-order chi connectivity index (χ0) is 37.5. The monoisotopic (exact) mass is 734 g/mol. The van der Waals surface area contributed by atoms with Gasteiger partial charge in [0.2, 0.25) is 0 Å². The van der Waals surface area contributed by atoms with E-state index >= 15 is 0 Å². The second-order valence-electron chi connectivity index (χ2n) is 14.9. The minimum absolute atomic E-state index is 0.0768. The minimum Gasteiger partial charge on any atom is -0.456 e. The summed E-state index contributed by atoms with van der Waals surface area (Å²) in [6, 6.07) is 57.0. The SMILES string of the molecule is C1=c2oc3c(-c4cccc5c4oc4cccc(-n6c7ccccc7c7ccccc76)c45)cccc3c2=CC(C2N=C(c3ccccc3)N=C(c3ccccc3)N2)C1. The number of aliphatic imine (C=N–C) groups is 2. The summed E-state index contributed by atoms with van der Waals surface area (Å²) in [7, 11) is 0. The fraction of sp³-hybridized carbons (Fsp3) is 0.0588. The largest absolute Gasteiger partial charge is 0.456 e. The Labute approximate surface area is 327 Å². The molecular weight excluding hydrogens is 701 g/mol. The number of furan rings is 2. The van der Waals surface area contributed by atoms with Crippen LogP contribution in [0.1, 0.15) is 17.5 Å². The molecule has 2 unspecified atom stereocenters. The van der Waals surface area contributed by atoms with E-state index in [1.165, 1.54) is 21.8 Å². The van der Waals surface area contributed by atoms with Crippen molar-refractivity contribution in [2.24, 2.45) is 15.9 Å². The van der Waals surface area contributed by atoms with Crippen molar-refractivity contribution in [3.05, 3.63) is 186 Å². The third kappa shape index (κ3) is 4.97. The standard InChI is InChI=1S/C51H34N4O2/c1-3-14-31(15-4-1)49-52-50(32-16-5-2-6-17-32)54-51(53-49)33-28-29-44-40(30-33)38-22-11-20-36(47(38)56-44)37-21-12-23-39-46-43(26-13-27-45(46)57-48(37)39)55-41-24-9-7-18-34(41)35-19-8-10-25-42(35)55/h1-27,29-30,33,51H,28H2,(H,52,53,54). The molecule has 0 amide bonds. The topological polar surface area (TPSA) is 68.0 Å². The number of hydrogen-bond donors (Lipinski definition) is 1. The molecule has 270 valence electrons. The van der Waals surface area contributed by atoms with Gasteiger partial charge in [-0.25, -0.2) is 9.98 Å². The van der Waals surface area contributed by atoms with Gasteiger partial charge in [0, 0.05) is 54.9 Å². The number of amidine groups is 2. The van der Waals surface area contributed by atoms with Crippen molar-refractivity contribution in [1.82, 2.24) is 9.88 Å². The highest BCUT2D eigenvalue weighted by Crippen LogP contribution is 2.42. The Bertz CT molecular complexity index is 3370. The fourth-order valence-corrected chi connectivity index (χ4v) is 8.99. The molecule has 6 heteroatoms. The summed E-state index contributed by atoms with van der Waals surface area (Å²) in [5, 5.41) is 10.5. The van der Waals surface area contributed by atoms with Gasteiger partial charge in [0.05, 0.1) is 22.1 Å². The van der Waals surface area contributed by atoms with Gasteiger partial charge in [-0.05, 0) is 36.8 Å². The van der Waals surface area contributed by atoms with Crippen LogP contribution in [-0.4, -0.2) is 22.4 Å². The van der Waals surface area contributed by atoms with E-state index in [1.54, 1.807) is 0 Å². The molecule has 0 saturated heterocycles. The van der Waals surface area contributed by atoms with Crippen molar-refractivity contribution in [2.45, 2.75) is 12.6 Å². The lowest BCUT2D eigenvalue weighted by Gasteiger charge is -2.28. The third-order valence-corrected chi connectivity index (χ3v) is 11.6. The Kier molecular flexibility index (Phi) is 7.01. The van der Waals surface area contributed by atoms with Crippen molar-refractivity contribution in [3.8, 4) is 16.8 Å². The van der Waals surface area contributed by atoms with E-state index in [0.717, 1.165) is 89.6 Å². The van der Waals surface area contributed by atoms with Crippen LogP contribution in [0.2, 0.25) is 0 Å². The molecule has 2 atom stereocenters. The number of hydrogen-bond acceptors (Lipinski definition) is 5. The van der Waals surface area contributed by atoms with Crippen LogP contribution in [0.25, 0.3) is 83.7 Å². The molecule has 0 fully saturated rings. The molecule has 7 aromatic carbocycles. The van der Waals surface area contributed by atoms with Crippen molar-refractivity contribution in [2.75, 3.05) is 0 Å². The Hall–Kier alpha value is -7.44. The second kappa shape index (κ2) is 12.5. The minimum atomic E-state index is -0.210. The van der Waals surface area contributed by atoms with Gasteiger partial charge in [0.15, 0.2) is 5.84 Å². The average Bonchev–Trinajstić information content (AvgIpc) is 3.96. The second-order valence-corrected chi connectivity index (χ2v) is 14.9. The summed E-state index contributed by atoms with van der Waals surface area (Å²) in [6.45, 7) is 0. The van der Waals surface area contributed by atoms with Gasteiger partial charge in [-0.3, -0.25) is 0 Å². The normalized spacial score (nSPS) is 16.6. The summed E-state index contributed by atoms with van der Waals surface area (Å²) >= 11 is 0. The summed E-state index contributed by atoms with van der Waals surface area (Å²) in [5.41, 5.74) is 10.9. The zero-order valence-corrected chi connectivity index (χ0v) is 30.8. The fourth-order valence-electron chi connectivity index (χ4n) is 8.99. The average molecular weight is 735 g/mol. The molecule has 3 aromatic heterocycles. The summed E-state index contributed by atoms with van der Waals surface area (Å²) in [5.74, 6) is 1.64. The first-order valence-electron chi connectivity index (χ1n) is 19.5. The molecule has 10 aromatic rings. The zero-order valence-electron chi connectivity index (χ0n) is 30.8. The lowest BCUT2D eigenvalue weighted by Crippen LogP contribution is -2.44. The van der Waals surface area contributed by atoms with Gasteiger partial charge < -0.3 is 18.7 Å². The number of rotatable bonds is 5. The molecule has 0 spiro atoms. The lowest BCUT2D eigenvalue weighted by atomic mass is 9.94. The molecule has 0 radical (unpaired) electrons. The van der Waals surface area contributed by atoms with Crippen molar-refractivity contribution >= 4 is 78.5 Å². The van der Waals surface area contributed by atoms with Crippen LogP contribution in [0.3, 0.4) is 0 Å². The number of nitrogens with one attached hydrogen (secondary N) is 1. The molecular formula is C51H34N4O2. The first-order chi connectivity index (χ1) is 28.3. The lowest BCUT2D eigenvalue weighted by molar-refractivity contribution is 0.495. The molecule has 57 heavy (non-hydrogen) atoms. The highest BCUT2D eigenvalue weighted by Gasteiger charge is 2.28. The Balaban J connectivity index is 0.991. The van der Waals surface area contributed by atoms with Crippen molar-refractivity contribution in [3.63, 3.8) is 0 Å². The van der Waals surface area contributed by atoms with E-state index < -0.39 is 0 Å².